The highest BCUT2D eigenvalue weighted by molar-refractivity contribution is 7.11. The number of aromatic nitrogens is 1. The number of alkyl halides is 4. The van der Waals surface area contributed by atoms with Gasteiger partial charge < -0.3 is 5.32 Å². The van der Waals surface area contributed by atoms with Gasteiger partial charge >= 0.3 is 6.18 Å². The molecule has 96 valence electrons. The van der Waals surface area contributed by atoms with Crippen molar-refractivity contribution >= 4 is 11.3 Å². The SMILES string of the molecule is FC(c1cnc(C(F)(F)F)s1)C1CCNCC1. The van der Waals surface area contributed by atoms with Crippen molar-refractivity contribution in [1.29, 1.82) is 0 Å². The highest BCUT2D eigenvalue weighted by atomic mass is 32.1. The normalized spacial score (nSPS) is 20.5. The first-order valence-electron chi connectivity index (χ1n) is 5.36. The van der Waals surface area contributed by atoms with Crippen molar-refractivity contribution in [2.45, 2.75) is 25.2 Å². The van der Waals surface area contributed by atoms with Crippen LogP contribution in [0.1, 0.15) is 28.9 Å². The molecule has 0 bridgehead atoms. The van der Waals surface area contributed by atoms with Crippen molar-refractivity contribution < 1.29 is 17.6 Å². The third-order valence-electron chi connectivity index (χ3n) is 2.84. The van der Waals surface area contributed by atoms with Crippen molar-refractivity contribution in [2.75, 3.05) is 13.1 Å². The van der Waals surface area contributed by atoms with E-state index >= 15 is 0 Å². The van der Waals surface area contributed by atoms with Crippen LogP contribution < -0.4 is 5.32 Å². The zero-order valence-corrected chi connectivity index (χ0v) is 9.74. The van der Waals surface area contributed by atoms with Crippen LogP contribution in [-0.4, -0.2) is 18.1 Å². The van der Waals surface area contributed by atoms with E-state index in [0.717, 1.165) is 19.3 Å². The molecule has 1 atom stereocenters. The number of nitrogens with zero attached hydrogens (tertiary/aromatic N) is 1. The van der Waals surface area contributed by atoms with Gasteiger partial charge in [-0.2, -0.15) is 13.2 Å². The first-order valence-corrected chi connectivity index (χ1v) is 6.18. The number of piperidine rings is 1. The summed E-state index contributed by atoms with van der Waals surface area (Å²) in [6.45, 7) is 1.44. The highest BCUT2D eigenvalue weighted by Gasteiger charge is 2.36. The van der Waals surface area contributed by atoms with Gasteiger partial charge in [-0.15, -0.1) is 11.3 Å². The molecule has 0 saturated carbocycles. The number of hydrogen-bond donors (Lipinski definition) is 1. The van der Waals surface area contributed by atoms with Gasteiger partial charge in [0.15, 0.2) is 5.01 Å². The fourth-order valence-electron chi connectivity index (χ4n) is 1.91. The number of thiazole rings is 1. The molecule has 1 N–H and O–H groups in total. The van der Waals surface area contributed by atoms with Crippen LogP contribution in [0.2, 0.25) is 0 Å². The van der Waals surface area contributed by atoms with Crippen molar-refractivity contribution in [1.82, 2.24) is 10.3 Å². The standard InChI is InChI=1S/C10H12F4N2S/c11-8(6-1-3-15-4-2-6)7-5-16-9(17-7)10(12,13)14/h5-6,8,15H,1-4H2. The van der Waals surface area contributed by atoms with Crippen LogP contribution >= 0.6 is 11.3 Å². The smallest absolute Gasteiger partial charge is 0.317 e. The predicted octanol–water partition coefficient (Wildman–Crippen LogP) is 3.17. The highest BCUT2D eigenvalue weighted by Crippen LogP contribution is 2.39. The van der Waals surface area contributed by atoms with E-state index in [1.807, 2.05) is 0 Å². The first kappa shape index (κ1) is 12.8. The maximum atomic E-state index is 14.0. The maximum absolute atomic E-state index is 14.0. The number of rotatable bonds is 2. The number of halogens is 4. The summed E-state index contributed by atoms with van der Waals surface area (Å²) in [6.07, 6.45) is -3.48. The third kappa shape index (κ3) is 2.95. The Labute approximate surface area is 100 Å². The summed E-state index contributed by atoms with van der Waals surface area (Å²) >= 11 is 0.410. The molecule has 0 aliphatic carbocycles. The van der Waals surface area contributed by atoms with Gasteiger partial charge in [-0.3, -0.25) is 0 Å². The molecule has 0 amide bonds. The summed E-state index contributed by atoms with van der Waals surface area (Å²) in [5.74, 6) is -0.196. The van der Waals surface area contributed by atoms with Gasteiger partial charge in [0.05, 0.1) is 4.88 Å². The molecule has 1 aliphatic heterocycles. The largest absolute Gasteiger partial charge is 0.443 e. The zero-order valence-electron chi connectivity index (χ0n) is 8.93. The topological polar surface area (TPSA) is 24.9 Å². The molecule has 2 heterocycles. The van der Waals surface area contributed by atoms with E-state index in [2.05, 4.69) is 10.3 Å². The first-order chi connectivity index (χ1) is 7.98. The molecular weight excluding hydrogens is 256 g/mol. The Bertz CT molecular complexity index is 371. The monoisotopic (exact) mass is 268 g/mol. The molecule has 1 unspecified atom stereocenters. The van der Waals surface area contributed by atoms with Gasteiger partial charge in [0.2, 0.25) is 0 Å². The molecule has 1 saturated heterocycles. The van der Waals surface area contributed by atoms with Crippen molar-refractivity contribution in [2.24, 2.45) is 5.92 Å². The second kappa shape index (κ2) is 4.89. The van der Waals surface area contributed by atoms with Crippen molar-refractivity contribution in [3.05, 3.63) is 16.1 Å². The van der Waals surface area contributed by atoms with Gasteiger partial charge in [0.1, 0.15) is 6.17 Å². The van der Waals surface area contributed by atoms with E-state index in [1.165, 1.54) is 0 Å². The Kier molecular flexibility index (Phi) is 3.67. The lowest BCUT2D eigenvalue weighted by Gasteiger charge is -2.24. The average molecular weight is 268 g/mol. The quantitative estimate of drug-likeness (QED) is 0.833. The lowest BCUT2D eigenvalue weighted by atomic mass is 9.92. The van der Waals surface area contributed by atoms with E-state index < -0.39 is 17.4 Å². The summed E-state index contributed by atoms with van der Waals surface area (Å²) in [6, 6.07) is 0. The fourth-order valence-corrected chi connectivity index (χ4v) is 2.77. The molecule has 0 spiro atoms. The van der Waals surface area contributed by atoms with Crippen LogP contribution in [0.25, 0.3) is 0 Å². The van der Waals surface area contributed by atoms with Gasteiger partial charge in [0, 0.05) is 6.20 Å². The molecule has 0 radical (unpaired) electrons. The molecule has 1 aromatic rings. The molecule has 2 rings (SSSR count). The third-order valence-corrected chi connectivity index (χ3v) is 3.93. The van der Waals surface area contributed by atoms with E-state index in [0.29, 0.717) is 24.2 Å². The molecule has 17 heavy (non-hydrogen) atoms. The Balaban J connectivity index is 2.08. The minimum absolute atomic E-state index is 0.0872. The van der Waals surface area contributed by atoms with E-state index in [-0.39, 0.29) is 10.8 Å². The van der Waals surface area contributed by atoms with Gasteiger partial charge in [0.25, 0.3) is 0 Å². The Morgan fingerprint density at radius 3 is 2.53 bits per heavy atom. The Morgan fingerprint density at radius 2 is 2.00 bits per heavy atom. The summed E-state index contributed by atoms with van der Waals surface area (Å²) in [7, 11) is 0. The summed E-state index contributed by atoms with van der Waals surface area (Å²) < 4.78 is 51.0. The van der Waals surface area contributed by atoms with Crippen LogP contribution in [0.3, 0.4) is 0 Å². The molecule has 1 fully saturated rings. The molecule has 7 heteroatoms. The van der Waals surface area contributed by atoms with Crippen LogP contribution in [0.4, 0.5) is 17.6 Å². The maximum Gasteiger partial charge on any atom is 0.443 e. The van der Waals surface area contributed by atoms with Crippen molar-refractivity contribution in [3.63, 3.8) is 0 Å². The summed E-state index contributed by atoms with van der Waals surface area (Å²) in [4.78, 5) is 3.33. The molecule has 0 aromatic carbocycles. The lowest BCUT2D eigenvalue weighted by molar-refractivity contribution is -0.137. The van der Waals surface area contributed by atoms with Crippen LogP contribution in [0, 0.1) is 5.92 Å². The van der Waals surface area contributed by atoms with Gasteiger partial charge in [-0.1, -0.05) is 0 Å². The van der Waals surface area contributed by atoms with Gasteiger partial charge in [-0.05, 0) is 31.8 Å². The van der Waals surface area contributed by atoms with Crippen LogP contribution in [0.5, 0.6) is 0 Å². The Morgan fingerprint density at radius 1 is 1.35 bits per heavy atom. The number of nitrogens with one attached hydrogen (secondary N) is 1. The van der Waals surface area contributed by atoms with Crippen molar-refractivity contribution in [3.8, 4) is 0 Å². The summed E-state index contributed by atoms with van der Waals surface area (Å²) in [5.41, 5.74) is 0. The number of hydrogen-bond acceptors (Lipinski definition) is 3. The van der Waals surface area contributed by atoms with E-state index in [1.54, 1.807) is 0 Å². The van der Waals surface area contributed by atoms with E-state index in [4.69, 9.17) is 0 Å². The van der Waals surface area contributed by atoms with Crippen LogP contribution in [-0.2, 0) is 6.18 Å². The van der Waals surface area contributed by atoms with Gasteiger partial charge in [-0.25, -0.2) is 9.37 Å². The zero-order chi connectivity index (χ0) is 12.5. The molecule has 1 aromatic heterocycles. The Hall–Kier alpha value is -0.690. The second-order valence-corrected chi connectivity index (χ2v) is 5.12. The molecule has 2 nitrogen and oxygen atoms in total. The second-order valence-electron chi connectivity index (χ2n) is 4.05. The average Bonchev–Trinajstić information content (AvgIpc) is 2.78. The van der Waals surface area contributed by atoms with E-state index in [9.17, 15) is 17.6 Å². The lowest BCUT2D eigenvalue weighted by Crippen LogP contribution is -2.29. The minimum atomic E-state index is -4.48. The fraction of sp³-hybridized carbons (Fsp3) is 0.700. The minimum Gasteiger partial charge on any atom is -0.317 e. The predicted molar refractivity (Wildman–Crippen MR) is 56.6 cm³/mol. The van der Waals surface area contributed by atoms with Crippen LogP contribution in [0.15, 0.2) is 6.20 Å². The molecular formula is C10H12F4N2S. The molecule has 1 aliphatic rings. The summed E-state index contributed by atoms with van der Waals surface area (Å²) in [5, 5.41) is 2.12.